The fraction of sp³-hybridized carbons (Fsp3) is 0.158. The first-order chi connectivity index (χ1) is 22.0. The lowest BCUT2D eigenvalue weighted by Gasteiger charge is -2.14. The maximum Gasteiger partial charge on any atom is 0.137 e. The highest BCUT2D eigenvalue weighted by atomic mass is 16.5. The molecule has 0 N–H and O–H groups in total. The lowest BCUT2D eigenvalue weighted by molar-refractivity contribution is 0.326. The van der Waals surface area contributed by atoms with Gasteiger partial charge >= 0.3 is 0 Å². The molecule has 0 saturated heterocycles. The van der Waals surface area contributed by atoms with Crippen LogP contribution in [-0.4, -0.2) is 32.5 Å². The molecule has 0 aliphatic rings. The lowest BCUT2D eigenvalue weighted by Crippen LogP contribution is -1.99. The summed E-state index contributed by atoms with van der Waals surface area (Å²) in [7, 11) is 0. The highest BCUT2D eigenvalue weighted by Crippen LogP contribution is 2.39. The Morgan fingerprint density at radius 3 is 2.24 bits per heavy atom. The van der Waals surface area contributed by atoms with Crippen LogP contribution in [0.4, 0.5) is 0 Å². The second kappa shape index (κ2) is 11.8. The molecule has 4 aromatic carbocycles. The minimum Gasteiger partial charge on any atom is -0.493 e. The van der Waals surface area contributed by atoms with Gasteiger partial charge in [-0.3, -0.25) is 4.57 Å². The van der Waals surface area contributed by atoms with Gasteiger partial charge in [-0.25, -0.2) is 9.67 Å². The van der Waals surface area contributed by atoms with Crippen LogP contribution < -0.4 is 14.2 Å². The fourth-order valence-electron chi connectivity index (χ4n) is 5.90. The zero-order valence-electron chi connectivity index (χ0n) is 25.8. The minimum atomic E-state index is 0.559. The van der Waals surface area contributed by atoms with Gasteiger partial charge in [-0.05, 0) is 93.4 Å². The van der Waals surface area contributed by atoms with E-state index in [4.69, 9.17) is 24.3 Å². The largest absolute Gasteiger partial charge is 0.493 e. The summed E-state index contributed by atoms with van der Waals surface area (Å²) in [5, 5.41) is 7.03. The molecular weight excluding hydrogens is 560 g/mol. The van der Waals surface area contributed by atoms with Crippen molar-refractivity contribution in [2.45, 2.75) is 27.7 Å². The summed E-state index contributed by atoms with van der Waals surface area (Å²) in [5.74, 6) is 3.88. The molecule has 0 fully saturated rings. The van der Waals surface area contributed by atoms with Crippen molar-refractivity contribution < 1.29 is 14.2 Å². The van der Waals surface area contributed by atoms with Gasteiger partial charge in [-0.1, -0.05) is 24.3 Å². The van der Waals surface area contributed by atoms with E-state index in [9.17, 15) is 0 Å². The van der Waals surface area contributed by atoms with E-state index >= 15 is 0 Å². The Morgan fingerprint density at radius 1 is 0.689 bits per heavy atom. The van der Waals surface area contributed by atoms with Crippen LogP contribution in [0.25, 0.3) is 44.4 Å². The van der Waals surface area contributed by atoms with Gasteiger partial charge in [0, 0.05) is 40.9 Å². The number of fused-ring (bicyclic) bond motifs is 3. The van der Waals surface area contributed by atoms with Crippen LogP contribution in [0.3, 0.4) is 0 Å². The van der Waals surface area contributed by atoms with Crippen molar-refractivity contribution in [1.29, 1.82) is 0 Å². The van der Waals surface area contributed by atoms with E-state index in [-0.39, 0.29) is 0 Å². The molecule has 3 heterocycles. The van der Waals surface area contributed by atoms with E-state index in [1.165, 1.54) is 5.39 Å². The molecule has 0 aliphatic heterocycles. The molecule has 7 heteroatoms. The molecule has 7 aromatic rings. The number of ether oxygens (including phenoxy) is 3. The first kappa shape index (κ1) is 28.2. The summed E-state index contributed by atoms with van der Waals surface area (Å²) in [6.07, 6.45) is 5.70. The predicted molar refractivity (Wildman–Crippen MR) is 179 cm³/mol. The Morgan fingerprint density at radius 2 is 1.47 bits per heavy atom. The van der Waals surface area contributed by atoms with Crippen molar-refractivity contribution in [3.05, 3.63) is 121 Å². The molecule has 0 unspecified atom stereocenters. The van der Waals surface area contributed by atoms with Crippen LogP contribution in [0, 0.1) is 13.8 Å². The Kier molecular flexibility index (Phi) is 7.43. The van der Waals surface area contributed by atoms with E-state index in [1.54, 1.807) is 0 Å². The van der Waals surface area contributed by atoms with Crippen LogP contribution in [-0.2, 0) is 0 Å². The predicted octanol–water partition coefficient (Wildman–Crippen LogP) is 9.24. The highest BCUT2D eigenvalue weighted by molar-refractivity contribution is 6.09. The standard InChI is InChI=1S/C38H34N4O3/c1-5-43-35-12-9-13-36(44-6-2)38(35)27-23-40-41(24-27)28-18-26(4)19-30(21-28)45-29-14-15-32-31-10-7-8-11-33(31)42(34(32)22-29)37-20-25(3)16-17-39-37/h7-24H,5-6H2,1-4H3. The summed E-state index contributed by atoms with van der Waals surface area (Å²) in [5.41, 5.74) is 7.05. The molecule has 0 bridgehead atoms. The van der Waals surface area contributed by atoms with Crippen LogP contribution in [0.2, 0.25) is 0 Å². The minimum absolute atomic E-state index is 0.559. The number of hydrogen-bond acceptors (Lipinski definition) is 5. The van der Waals surface area contributed by atoms with Crippen molar-refractivity contribution in [3.8, 4) is 45.6 Å². The highest BCUT2D eigenvalue weighted by Gasteiger charge is 2.17. The zero-order chi connectivity index (χ0) is 30.9. The maximum absolute atomic E-state index is 6.52. The molecular formula is C38H34N4O3. The third-order valence-corrected chi connectivity index (χ3v) is 7.77. The van der Waals surface area contributed by atoms with Crippen LogP contribution in [0.5, 0.6) is 23.0 Å². The number of rotatable bonds is 9. The summed E-state index contributed by atoms with van der Waals surface area (Å²) in [6, 6.07) is 30.8. The molecule has 0 spiro atoms. The summed E-state index contributed by atoms with van der Waals surface area (Å²) in [6.45, 7) is 9.22. The van der Waals surface area contributed by atoms with E-state index < -0.39 is 0 Å². The van der Waals surface area contributed by atoms with E-state index in [0.717, 1.165) is 73.2 Å². The maximum atomic E-state index is 6.52. The lowest BCUT2D eigenvalue weighted by atomic mass is 10.1. The molecule has 0 amide bonds. The van der Waals surface area contributed by atoms with Gasteiger partial charge in [0.05, 0.1) is 41.7 Å². The summed E-state index contributed by atoms with van der Waals surface area (Å²) in [4.78, 5) is 4.70. The van der Waals surface area contributed by atoms with Crippen molar-refractivity contribution in [1.82, 2.24) is 19.3 Å². The molecule has 45 heavy (non-hydrogen) atoms. The first-order valence-corrected chi connectivity index (χ1v) is 15.2. The molecule has 7 rings (SSSR count). The number of benzene rings is 4. The smallest absolute Gasteiger partial charge is 0.137 e. The second-order valence-corrected chi connectivity index (χ2v) is 11.0. The van der Waals surface area contributed by atoms with Gasteiger partial charge in [-0.15, -0.1) is 0 Å². The molecule has 0 atom stereocenters. The Balaban J connectivity index is 1.26. The third kappa shape index (κ3) is 5.38. The summed E-state index contributed by atoms with van der Waals surface area (Å²) < 4.78 is 22.5. The monoisotopic (exact) mass is 594 g/mol. The normalized spacial score (nSPS) is 11.3. The molecule has 0 radical (unpaired) electrons. The van der Waals surface area contributed by atoms with Gasteiger partial charge in [0.25, 0.3) is 0 Å². The van der Waals surface area contributed by atoms with Gasteiger partial charge in [-0.2, -0.15) is 5.10 Å². The van der Waals surface area contributed by atoms with E-state index in [0.29, 0.717) is 13.2 Å². The van der Waals surface area contributed by atoms with Crippen LogP contribution in [0.15, 0.2) is 110 Å². The molecule has 3 aromatic heterocycles. The number of para-hydroxylation sites is 1. The second-order valence-electron chi connectivity index (χ2n) is 11.0. The SMILES string of the molecule is CCOc1cccc(OCC)c1-c1cnn(-c2cc(C)cc(Oc3ccc4c5ccccc5n(-c5cc(C)ccn5)c4c3)c2)c1. The average Bonchev–Trinajstić information content (AvgIpc) is 3.64. The van der Waals surface area contributed by atoms with Crippen LogP contribution >= 0.6 is 0 Å². The Labute approximate surface area is 262 Å². The Bertz CT molecular complexity index is 2140. The summed E-state index contributed by atoms with van der Waals surface area (Å²) >= 11 is 0. The van der Waals surface area contributed by atoms with Crippen molar-refractivity contribution in [2.24, 2.45) is 0 Å². The average molecular weight is 595 g/mol. The fourth-order valence-corrected chi connectivity index (χ4v) is 5.90. The molecule has 224 valence electrons. The quantitative estimate of drug-likeness (QED) is 0.167. The van der Waals surface area contributed by atoms with Crippen molar-refractivity contribution >= 4 is 21.8 Å². The third-order valence-electron chi connectivity index (χ3n) is 7.77. The zero-order valence-corrected chi connectivity index (χ0v) is 25.8. The number of nitrogens with zero attached hydrogens (tertiary/aromatic N) is 4. The number of pyridine rings is 1. The van der Waals surface area contributed by atoms with Crippen molar-refractivity contribution in [3.63, 3.8) is 0 Å². The van der Waals surface area contributed by atoms with E-state index in [2.05, 4.69) is 66.9 Å². The number of aryl methyl sites for hydroxylation is 2. The Hall–Kier alpha value is -5.56. The molecule has 0 aliphatic carbocycles. The van der Waals surface area contributed by atoms with Crippen LogP contribution in [0.1, 0.15) is 25.0 Å². The number of aromatic nitrogens is 4. The van der Waals surface area contributed by atoms with Gasteiger partial charge in [0.1, 0.15) is 28.8 Å². The van der Waals surface area contributed by atoms with Gasteiger partial charge in [0.2, 0.25) is 0 Å². The molecule has 0 saturated carbocycles. The molecule has 7 nitrogen and oxygen atoms in total. The first-order valence-electron chi connectivity index (χ1n) is 15.2. The van der Waals surface area contributed by atoms with E-state index in [1.807, 2.05) is 79.6 Å². The van der Waals surface area contributed by atoms with Crippen molar-refractivity contribution in [2.75, 3.05) is 13.2 Å². The number of hydrogen-bond donors (Lipinski definition) is 0. The topological polar surface area (TPSA) is 63.3 Å². The van der Waals surface area contributed by atoms with Gasteiger partial charge in [0.15, 0.2) is 0 Å². The van der Waals surface area contributed by atoms with Gasteiger partial charge < -0.3 is 14.2 Å².